The lowest BCUT2D eigenvalue weighted by atomic mass is 10.2. The van der Waals surface area contributed by atoms with Crippen LogP contribution in [0.25, 0.3) is 0 Å². The predicted octanol–water partition coefficient (Wildman–Crippen LogP) is -0.00360. The van der Waals surface area contributed by atoms with E-state index in [-0.39, 0.29) is 18.6 Å². The summed E-state index contributed by atoms with van der Waals surface area (Å²) in [5.41, 5.74) is 4.88. The summed E-state index contributed by atoms with van der Waals surface area (Å²) in [7, 11) is 0. The molecule has 0 spiro atoms. The van der Waals surface area contributed by atoms with Crippen molar-refractivity contribution in [1.29, 1.82) is 0 Å². The minimum absolute atomic E-state index is 0.175. The van der Waals surface area contributed by atoms with E-state index in [1.807, 2.05) is 6.92 Å². The number of esters is 1. The summed E-state index contributed by atoms with van der Waals surface area (Å²) in [5.74, 6) is -0.361. The number of nitrogens with one attached hydrogen (secondary N) is 1. The molecule has 0 fully saturated rings. The van der Waals surface area contributed by atoms with Gasteiger partial charge in [0.25, 0.3) is 0 Å². The molecule has 0 aromatic rings. The molecule has 1 unspecified atom stereocenters. The summed E-state index contributed by atoms with van der Waals surface area (Å²) in [5, 5.41) is 2.45. The van der Waals surface area contributed by atoms with Crippen LogP contribution in [0.5, 0.6) is 0 Å². The van der Waals surface area contributed by atoms with E-state index < -0.39 is 6.03 Å². The van der Waals surface area contributed by atoms with E-state index in [0.29, 0.717) is 6.42 Å². The zero-order valence-electron chi connectivity index (χ0n) is 7.29. The van der Waals surface area contributed by atoms with Crippen molar-refractivity contribution in [2.75, 3.05) is 6.61 Å². The van der Waals surface area contributed by atoms with Crippen LogP contribution in [0.2, 0.25) is 0 Å². The lowest BCUT2D eigenvalue weighted by Gasteiger charge is -2.14. The Morgan fingerprint density at radius 3 is 2.50 bits per heavy atom. The first-order chi connectivity index (χ1) is 5.56. The molecule has 0 aromatic carbocycles. The molecule has 3 N–H and O–H groups in total. The van der Waals surface area contributed by atoms with Crippen LogP contribution in [0.4, 0.5) is 4.79 Å². The van der Waals surface area contributed by atoms with Crippen LogP contribution in [-0.4, -0.2) is 24.6 Å². The molecule has 0 saturated heterocycles. The summed E-state index contributed by atoms with van der Waals surface area (Å²) in [6.07, 6.45) is 0.677. The van der Waals surface area contributed by atoms with Gasteiger partial charge >= 0.3 is 12.0 Å². The highest BCUT2D eigenvalue weighted by atomic mass is 16.5. The van der Waals surface area contributed by atoms with Gasteiger partial charge in [-0.05, 0) is 6.42 Å². The van der Waals surface area contributed by atoms with Crippen molar-refractivity contribution in [3.63, 3.8) is 0 Å². The number of rotatable bonds is 4. The fourth-order valence-electron chi connectivity index (χ4n) is 0.681. The number of carbonyl (C=O) groups is 2. The minimum Gasteiger partial charge on any atom is -0.464 e. The molecule has 0 saturated carbocycles. The molecule has 5 heteroatoms. The molecule has 0 radical (unpaired) electrons. The first-order valence-corrected chi connectivity index (χ1v) is 3.75. The van der Waals surface area contributed by atoms with E-state index in [2.05, 4.69) is 10.1 Å². The second kappa shape index (κ2) is 5.40. The number of nitrogens with two attached hydrogens (primary N) is 1. The molecule has 0 aliphatic carbocycles. The first kappa shape index (κ1) is 10.7. The minimum atomic E-state index is -0.603. The Morgan fingerprint density at radius 1 is 1.58 bits per heavy atom. The smallest absolute Gasteiger partial charge is 0.312 e. The molecule has 0 heterocycles. The van der Waals surface area contributed by atoms with Gasteiger partial charge in [-0.1, -0.05) is 6.92 Å². The summed E-state index contributed by atoms with van der Waals surface area (Å²) in [6, 6.07) is -0.791. The van der Waals surface area contributed by atoms with Gasteiger partial charge in [0.2, 0.25) is 0 Å². The van der Waals surface area contributed by atoms with Crippen LogP contribution in [0, 0.1) is 0 Å². The van der Waals surface area contributed by atoms with Crippen LogP contribution >= 0.6 is 0 Å². The lowest BCUT2D eigenvalue weighted by molar-refractivity contribution is -0.141. The van der Waals surface area contributed by atoms with Crippen LogP contribution in [0.15, 0.2) is 0 Å². The highest BCUT2D eigenvalue weighted by Gasteiger charge is 2.08. The lowest BCUT2D eigenvalue weighted by Crippen LogP contribution is -2.41. The maximum absolute atomic E-state index is 10.4. The Morgan fingerprint density at radius 2 is 2.17 bits per heavy atom. The van der Waals surface area contributed by atoms with E-state index in [1.54, 1.807) is 0 Å². The van der Waals surface area contributed by atoms with Gasteiger partial charge in [-0.15, -0.1) is 0 Å². The van der Waals surface area contributed by atoms with Gasteiger partial charge in [-0.25, -0.2) is 4.79 Å². The monoisotopic (exact) mass is 174 g/mol. The van der Waals surface area contributed by atoms with Crippen LogP contribution in [-0.2, 0) is 9.53 Å². The Kier molecular flexibility index (Phi) is 4.83. The summed E-state index contributed by atoms with van der Waals surface area (Å²) in [6.45, 7) is 3.36. The number of hydrogen-bond acceptors (Lipinski definition) is 3. The van der Waals surface area contributed by atoms with E-state index >= 15 is 0 Å². The number of amides is 2. The van der Waals surface area contributed by atoms with Gasteiger partial charge in [0.05, 0.1) is 6.04 Å². The molecule has 0 rings (SSSR count). The van der Waals surface area contributed by atoms with Gasteiger partial charge in [-0.2, -0.15) is 0 Å². The molecule has 0 aliphatic rings. The van der Waals surface area contributed by atoms with Crippen LogP contribution in [0.3, 0.4) is 0 Å². The molecule has 1 atom stereocenters. The Bertz CT molecular complexity index is 170. The second-order valence-electron chi connectivity index (χ2n) is 2.42. The first-order valence-electron chi connectivity index (χ1n) is 3.75. The standard InChI is InChI=1S/C7H14N2O3/c1-3-6(9-7(8)11)4-12-5(2)10/h6H,3-4H2,1-2H3,(H3,8,9,11). The number of primary amides is 1. The third kappa shape index (κ3) is 5.52. The van der Waals surface area contributed by atoms with Gasteiger partial charge in [0.1, 0.15) is 6.61 Å². The topological polar surface area (TPSA) is 81.4 Å². The molecular weight excluding hydrogens is 160 g/mol. The predicted molar refractivity (Wildman–Crippen MR) is 43.4 cm³/mol. The zero-order chi connectivity index (χ0) is 9.56. The Labute approximate surface area is 71.3 Å². The van der Waals surface area contributed by atoms with Gasteiger partial charge in [0, 0.05) is 6.92 Å². The Balaban J connectivity index is 3.67. The highest BCUT2D eigenvalue weighted by Crippen LogP contribution is 1.91. The highest BCUT2D eigenvalue weighted by molar-refractivity contribution is 5.72. The Hall–Kier alpha value is -1.26. The molecule has 0 aromatic heterocycles. The molecule has 70 valence electrons. The molecule has 2 amide bonds. The maximum atomic E-state index is 10.4. The third-order valence-electron chi connectivity index (χ3n) is 1.33. The van der Waals surface area contributed by atoms with Gasteiger partial charge in [0.15, 0.2) is 0 Å². The number of urea groups is 1. The van der Waals surface area contributed by atoms with Crippen molar-refractivity contribution in [2.24, 2.45) is 5.73 Å². The normalized spacial score (nSPS) is 11.8. The second-order valence-corrected chi connectivity index (χ2v) is 2.42. The summed E-state index contributed by atoms with van der Waals surface area (Å²) >= 11 is 0. The fraction of sp³-hybridized carbons (Fsp3) is 0.714. The van der Waals surface area contributed by atoms with Crippen LogP contribution in [0.1, 0.15) is 20.3 Å². The molecule has 12 heavy (non-hydrogen) atoms. The van der Waals surface area contributed by atoms with E-state index in [1.165, 1.54) is 6.92 Å². The number of ether oxygens (including phenoxy) is 1. The third-order valence-corrected chi connectivity index (χ3v) is 1.33. The SMILES string of the molecule is CCC(COC(C)=O)NC(N)=O. The molecule has 0 bridgehead atoms. The quantitative estimate of drug-likeness (QED) is 0.588. The van der Waals surface area contributed by atoms with Crippen molar-refractivity contribution in [3.8, 4) is 0 Å². The van der Waals surface area contributed by atoms with E-state index in [9.17, 15) is 9.59 Å². The van der Waals surface area contributed by atoms with Gasteiger partial charge < -0.3 is 15.8 Å². The van der Waals surface area contributed by atoms with Crippen molar-refractivity contribution < 1.29 is 14.3 Å². The average molecular weight is 174 g/mol. The van der Waals surface area contributed by atoms with Gasteiger partial charge in [-0.3, -0.25) is 4.79 Å². The summed E-state index contributed by atoms with van der Waals surface area (Å²) in [4.78, 5) is 20.8. The van der Waals surface area contributed by atoms with Crippen molar-refractivity contribution in [1.82, 2.24) is 5.32 Å². The maximum Gasteiger partial charge on any atom is 0.312 e. The van der Waals surface area contributed by atoms with Crippen molar-refractivity contribution in [2.45, 2.75) is 26.3 Å². The van der Waals surface area contributed by atoms with Crippen molar-refractivity contribution >= 4 is 12.0 Å². The zero-order valence-corrected chi connectivity index (χ0v) is 7.29. The molecular formula is C7H14N2O3. The van der Waals surface area contributed by atoms with Crippen molar-refractivity contribution in [3.05, 3.63) is 0 Å². The van der Waals surface area contributed by atoms with E-state index in [4.69, 9.17) is 5.73 Å². The number of hydrogen-bond donors (Lipinski definition) is 2. The fourth-order valence-corrected chi connectivity index (χ4v) is 0.681. The molecule has 5 nitrogen and oxygen atoms in total. The largest absolute Gasteiger partial charge is 0.464 e. The van der Waals surface area contributed by atoms with E-state index in [0.717, 1.165) is 0 Å². The number of carbonyl (C=O) groups excluding carboxylic acids is 2. The average Bonchev–Trinajstić information content (AvgIpc) is 1.97. The van der Waals surface area contributed by atoms with Crippen LogP contribution < -0.4 is 11.1 Å². The summed E-state index contributed by atoms with van der Waals surface area (Å²) < 4.78 is 4.69. The molecule has 0 aliphatic heterocycles.